The van der Waals surface area contributed by atoms with E-state index in [1.807, 2.05) is 13.8 Å². The molecule has 8 nitrogen and oxygen atoms in total. The molecule has 1 aromatic carbocycles. The van der Waals surface area contributed by atoms with E-state index in [2.05, 4.69) is 14.9 Å². The van der Waals surface area contributed by atoms with Gasteiger partial charge in [-0.1, -0.05) is 42.2 Å². The first-order valence-electron chi connectivity index (χ1n) is 8.59. The second-order valence-electron chi connectivity index (χ2n) is 6.80. The highest BCUT2D eigenvalue weighted by Gasteiger charge is 2.15. The lowest BCUT2D eigenvalue weighted by atomic mass is 10.2. The first-order chi connectivity index (χ1) is 13.6. The number of nitrogens with one attached hydrogen (secondary N) is 1. The number of sulfonamides is 1. The topological polar surface area (TPSA) is 104 Å². The van der Waals surface area contributed by atoms with Crippen LogP contribution in [0.25, 0.3) is 11.0 Å². The van der Waals surface area contributed by atoms with Gasteiger partial charge >= 0.3 is 0 Å². The van der Waals surface area contributed by atoms with Crippen molar-refractivity contribution in [2.75, 3.05) is 17.6 Å². The zero-order valence-corrected chi connectivity index (χ0v) is 18.2. The molecule has 156 valence electrons. The monoisotopic (exact) mass is 459 g/mol. The lowest BCUT2D eigenvalue weighted by molar-refractivity contribution is 0.259. The number of aromatic nitrogens is 2. The molecule has 2 heterocycles. The molecule has 1 N–H and O–H groups in total. The second-order valence-corrected chi connectivity index (χ2v) is 9.36. The number of anilines is 1. The maximum Gasteiger partial charge on any atom is 0.232 e. The van der Waals surface area contributed by atoms with Crippen molar-refractivity contribution < 1.29 is 22.4 Å². The highest BCUT2D eigenvalue weighted by Crippen LogP contribution is 2.31. The summed E-state index contributed by atoms with van der Waals surface area (Å²) in [7, 11) is -3.49. The number of rotatable bonds is 8. The van der Waals surface area contributed by atoms with E-state index in [9.17, 15) is 8.42 Å². The van der Waals surface area contributed by atoms with Crippen LogP contribution in [0.2, 0.25) is 10.0 Å². The summed E-state index contributed by atoms with van der Waals surface area (Å²) in [5.41, 5.74) is 0.991. The Morgan fingerprint density at radius 3 is 2.59 bits per heavy atom. The Labute approximate surface area is 178 Å². The largest absolute Gasteiger partial charge is 0.487 e. The molecule has 0 unspecified atom stereocenters. The molecule has 29 heavy (non-hydrogen) atoms. The average molecular weight is 460 g/mol. The van der Waals surface area contributed by atoms with Crippen LogP contribution >= 0.6 is 23.2 Å². The molecule has 2 aromatic heterocycles. The fourth-order valence-corrected chi connectivity index (χ4v) is 3.29. The van der Waals surface area contributed by atoms with Gasteiger partial charge in [0.05, 0.1) is 24.4 Å². The van der Waals surface area contributed by atoms with E-state index in [1.165, 1.54) is 6.20 Å². The second kappa shape index (κ2) is 8.64. The van der Waals surface area contributed by atoms with Crippen LogP contribution in [0.5, 0.6) is 11.6 Å². The molecule has 3 aromatic rings. The Morgan fingerprint density at radius 2 is 1.93 bits per heavy atom. The number of hydrogen-bond donors (Lipinski definition) is 1. The third-order valence-electron chi connectivity index (χ3n) is 3.65. The number of benzene rings is 1. The van der Waals surface area contributed by atoms with Crippen LogP contribution in [-0.4, -0.2) is 31.4 Å². The minimum atomic E-state index is -3.49. The van der Waals surface area contributed by atoms with Gasteiger partial charge in [0.15, 0.2) is 11.4 Å². The number of halogens is 2. The van der Waals surface area contributed by atoms with Crippen molar-refractivity contribution in [1.29, 1.82) is 0 Å². The molecule has 11 heteroatoms. The fourth-order valence-electron chi connectivity index (χ4n) is 2.36. The zero-order chi connectivity index (χ0) is 21.2. The molecular formula is C18H19Cl2N3O5S. The number of nitrogens with zero attached hydrogens (tertiary/aromatic N) is 2. The first kappa shape index (κ1) is 21.5. The highest BCUT2D eigenvalue weighted by atomic mass is 35.5. The van der Waals surface area contributed by atoms with Gasteiger partial charge in [0.1, 0.15) is 17.4 Å². The molecule has 0 radical (unpaired) electrons. The summed E-state index contributed by atoms with van der Waals surface area (Å²) in [4.78, 5) is 4.17. The van der Waals surface area contributed by atoms with Gasteiger partial charge in [-0.3, -0.25) is 4.72 Å². The maximum atomic E-state index is 11.4. The van der Waals surface area contributed by atoms with Gasteiger partial charge in [-0.05, 0) is 18.1 Å². The Hall–Kier alpha value is -2.23. The Morgan fingerprint density at radius 1 is 1.17 bits per heavy atom. The van der Waals surface area contributed by atoms with Crippen LogP contribution in [0.15, 0.2) is 28.9 Å². The standard InChI is InChI=1S/C18H19Cl2N3O5S/c1-10(2)8-27-18-15(20)5-12(7-21-18)26-9-11-4-16-13(6-14(11)19)17(22-28-16)23-29(3,24)25/h4-7,10H,8-9H2,1-3H3,(H,22,23). The lowest BCUT2D eigenvalue weighted by Gasteiger charge is -2.11. The molecule has 0 atom stereocenters. The molecule has 0 saturated heterocycles. The molecule has 0 aliphatic carbocycles. The van der Waals surface area contributed by atoms with Crippen molar-refractivity contribution in [2.24, 2.45) is 5.92 Å². The van der Waals surface area contributed by atoms with Crippen LogP contribution in [0.3, 0.4) is 0 Å². The van der Waals surface area contributed by atoms with Crippen molar-refractivity contribution in [3.8, 4) is 11.6 Å². The molecule has 3 rings (SSSR count). The van der Waals surface area contributed by atoms with E-state index in [0.29, 0.717) is 50.7 Å². The van der Waals surface area contributed by atoms with E-state index in [-0.39, 0.29) is 12.4 Å². The van der Waals surface area contributed by atoms with Gasteiger partial charge in [0, 0.05) is 16.7 Å². The molecule has 0 amide bonds. The minimum absolute atomic E-state index is 0.0739. The first-order valence-corrected chi connectivity index (χ1v) is 11.2. The fraction of sp³-hybridized carbons (Fsp3) is 0.333. The Balaban J connectivity index is 1.74. The van der Waals surface area contributed by atoms with Gasteiger partial charge in [-0.2, -0.15) is 0 Å². The van der Waals surface area contributed by atoms with E-state index in [4.69, 9.17) is 37.2 Å². The van der Waals surface area contributed by atoms with Crippen molar-refractivity contribution in [3.63, 3.8) is 0 Å². The van der Waals surface area contributed by atoms with Crippen LogP contribution in [0.4, 0.5) is 5.82 Å². The van der Waals surface area contributed by atoms with Crippen molar-refractivity contribution in [2.45, 2.75) is 20.5 Å². The van der Waals surface area contributed by atoms with Crippen molar-refractivity contribution >= 4 is 50.0 Å². The van der Waals surface area contributed by atoms with E-state index in [1.54, 1.807) is 18.2 Å². The summed E-state index contributed by atoms with van der Waals surface area (Å²) in [6.07, 6.45) is 2.53. The number of ether oxygens (including phenoxy) is 2. The van der Waals surface area contributed by atoms with Gasteiger partial charge < -0.3 is 14.0 Å². The molecule has 0 aliphatic rings. The van der Waals surface area contributed by atoms with Crippen LogP contribution in [-0.2, 0) is 16.6 Å². The Bertz CT molecular complexity index is 1130. The molecule has 0 aliphatic heterocycles. The van der Waals surface area contributed by atoms with Crippen LogP contribution in [0, 0.1) is 5.92 Å². The summed E-state index contributed by atoms with van der Waals surface area (Å²) in [5.74, 6) is 1.22. The highest BCUT2D eigenvalue weighted by molar-refractivity contribution is 7.92. The van der Waals surface area contributed by atoms with Crippen molar-refractivity contribution in [1.82, 2.24) is 10.1 Å². The third kappa shape index (κ3) is 5.65. The molecule has 0 fully saturated rings. The van der Waals surface area contributed by atoms with Crippen LogP contribution < -0.4 is 14.2 Å². The number of fused-ring (bicyclic) bond motifs is 1. The van der Waals surface area contributed by atoms with Crippen molar-refractivity contribution in [3.05, 3.63) is 40.0 Å². The lowest BCUT2D eigenvalue weighted by Crippen LogP contribution is -2.09. The summed E-state index contributed by atoms with van der Waals surface area (Å²) in [5, 5.41) is 4.88. The van der Waals surface area contributed by atoms with E-state index in [0.717, 1.165) is 6.26 Å². The average Bonchev–Trinajstić information content (AvgIpc) is 2.98. The van der Waals surface area contributed by atoms with E-state index < -0.39 is 10.0 Å². The quantitative estimate of drug-likeness (QED) is 0.527. The minimum Gasteiger partial charge on any atom is -0.487 e. The SMILES string of the molecule is CC(C)COc1ncc(OCc2cc3onc(NS(C)(=O)=O)c3cc2Cl)cc1Cl. The van der Waals surface area contributed by atoms with Gasteiger partial charge in [-0.25, -0.2) is 13.4 Å². The Kier molecular flexibility index (Phi) is 6.40. The smallest absolute Gasteiger partial charge is 0.232 e. The number of hydrogen-bond acceptors (Lipinski definition) is 7. The van der Waals surface area contributed by atoms with Crippen LogP contribution in [0.1, 0.15) is 19.4 Å². The normalized spacial score (nSPS) is 11.8. The van der Waals surface area contributed by atoms with Gasteiger partial charge in [0.2, 0.25) is 15.9 Å². The van der Waals surface area contributed by atoms with E-state index >= 15 is 0 Å². The maximum absolute atomic E-state index is 11.4. The van der Waals surface area contributed by atoms with Gasteiger partial charge in [0.25, 0.3) is 0 Å². The molecular weight excluding hydrogens is 441 g/mol. The summed E-state index contributed by atoms with van der Waals surface area (Å²) in [6.45, 7) is 4.69. The number of pyridine rings is 1. The van der Waals surface area contributed by atoms with Gasteiger partial charge in [-0.15, -0.1) is 0 Å². The zero-order valence-electron chi connectivity index (χ0n) is 15.9. The summed E-state index contributed by atoms with van der Waals surface area (Å²) >= 11 is 12.5. The predicted octanol–water partition coefficient (Wildman–Crippen LogP) is 4.51. The molecule has 0 saturated carbocycles. The summed E-state index contributed by atoms with van der Waals surface area (Å²) in [6, 6.07) is 4.81. The summed E-state index contributed by atoms with van der Waals surface area (Å²) < 4.78 is 41.5. The molecule has 0 spiro atoms. The molecule has 0 bridgehead atoms. The predicted molar refractivity (Wildman–Crippen MR) is 111 cm³/mol. The third-order valence-corrected chi connectivity index (χ3v) is 4.84.